The monoisotopic (exact) mass is 282 g/mol. The number of rotatable bonds is 8. The van der Waals surface area contributed by atoms with Crippen molar-refractivity contribution in [3.8, 4) is 0 Å². The molecule has 0 aromatic carbocycles. The molecule has 0 aliphatic heterocycles. The molecular formula is C15H30N4O. The predicted octanol–water partition coefficient (Wildman–Crippen LogP) is 3.00. The molecule has 1 aromatic rings. The lowest BCUT2D eigenvalue weighted by atomic mass is 10.1. The van der Waals surface area contributed by atoms with Gasteiger partial charge in [-0.15, -0.1) is 0 Å². The quantitative estimate of drug-likeness (QED) is 0.796. The van der Waals surface area contributed by atoms with E-state index in [1.165, 1.54) is 0 Å². The van der Waals surface area contributed by atoms with Gasteiger partial charge in [0.1, 0.15) is 0 Å². The maximum atomic E-state index is 6.30. The van der Waals surface area contributed by atoms with Crippen LogP contribution in [0.2, 0.25) is 0 Å². The van der Waals surface area contributed by atoms with Crippen molar-refractivity contribution in [2.45, 2.75) is 59.5 Å². The van der Waals surface area contributed by atoms with Gasteiger partial charge < -0.3 is 15.4 Å². The summed E-state index contributed by atoms with van der Waals surface area (Å²) >= 11 is 0. The molecule has 5 heteroatoms. The van der Waals surface area contributed by atoms with E-state index in [0.29, 0.717) is 18.7 Å². The van der Waals surface area contributed by atoms with Crippen LogP contribution in [0.4, 0.5) is 11.5 Å². The molecule has 0 unspecified atom stereocenters. The number of nitrogens with two attached hydrogens (primary N) is 1. The molecule has 5 nitrogen and oxygen atoms in total. The normalized spacial score (nSPS) is 11.6. The lowest BCUT2D eigenvalue weighted by Crippen LogP contribution is -2.39. The third kappa shape index (κ3) is 3.45. The minimum atomic E-state index is 0.292. The molecule has 1 rings (SSSR count). The summed E-state index contributed by atoms with van der Waals surface area (Å²) in [5, 5.41) is 4.60. The first-order valence-electron chi connectivity index (χ1n) is 7.57. The molecule has 20 heavy (non-hydrogen) atoms. The fourth-order valence-electron chi connectivity index (χ4n) is 2.57. The van der Waals surface area contributed by atoms with Gasteiger partial charge in [-0.3, -0.25) is 0 Å². The number of hydrogen-bond donors (Lipinski definition) is 1. The summed E-state index contributed by atoms with van der Waals surface area (Å²) in [6, 6.07) is 0.751. The van der Waals surface area contributed by atoms with Gasteiger partial charge in [-0.1, -0.05) is 13.8 Å². The van der Waals surface area contributed by atoms with Gasteiger partial charge in [-0.05, 0) is 33.6 Å². The van der Waals surface area contributed by atoms with E-state index in [4.69, 9.17) is 10.5 Å². The SMILES string of the molecule is CCC(CC)N(CCOC)c1c(N)c(C)nn1C(C)C. The van der Waals surface area contributed by atoms with Crippen molar-refractivity contribution in [3.05, 3.63) is 5.69 Å². The number of anilines is 2. The van der Waals surface area contributed by atoms with Crippen molar-refractivity contribution in [2.75, 3.05) is 30.9 Å². The summed E-state index contributed by atoms with van der Waals surface area (Å²) in [6.45, 7) is 12.2. The molecule has 0 fully saturated rings. The third-order valence-electron chi connectivity index (χ3n) is 3.79. The lowest BCUT2D eigenvalue weighted by Gasteiger charge is -2.33. The number of nitrogen functional groups attached to an aromatic ring is 1. The van der Waals surface area contributed by atoms with Crippen LogP contribution < -0.4 is 10.6 Å². The Morgan fingerprint density at radius 1 is 1.30 bits per heavy atom. The van der Waals surface area contributed by atoms with Crippen LogP contribution in [0.5, 0.6) is 0 Å². The number of hydrogen-bond acceptors (Lipinski definition) is 4. The molecule has 0 bridgehead atoms. The van der Waals surface area contributed by atoms with Crippen LogP contribution in [0.3, 0.4) is 0 Å². The van der Waals surface area contributed by atoms with E-state index in [-0.39, 0.29) is 0 Å². The van der Waals surface area contributed by atoms with E-state index >= 15 is 0 Å². The van der Waals surface area contributed by atoms with Gasteiger partial charge in [-0.2, -0.15) is 5.10 Å². The first-order chi connectivity index (χ1) is 9.47. The van der Waals surface area contributed by atoms with Gasteiger partial charge in [0.05, 0.1) is 18.0 Å². The highest BCUT2D eigenvalue weighted by Crippen LogP contribution is 2.31. The fraction of sp³-hybridized carbons (Fsp3) is 0.800. The Hall–Kier alpha value is -1.23. The van der Waals surface area contributed by atoms with Gasteiger partial charge in [0, 0.05) is 25.7 Å². The second-order valence-electron chi connectivity index (χ2n) is 5.52. The Morgan fingerprint density at radius 3 is 2.35 bits per heavy atom. The summed E-state index contributed by atoms with van der Waals surface area (Å²) in [5.41, 5.74) is 7.99. The summed E-state index contributed by atoms with van der Waals surface area (Å²) in [5.74, 6) is 1.04. The van der Waals surface area contributed by atoms with Crippen molar-refractivity contribution in [2.24, 2.45) is 0 Å². The summed E-state index contributed by atoms with van der Waals surface area (Å²) < 4.78 is 7.31. The zero-order chi connectivity index (χ0) is 15.3. The van der Waals surface area contributed by atoms with Gasteiger partial charge >= 0.3 is 0 Å². The van der Waals surface area contributed by atoms with Gasteiger partial charge in [0.2, 0.25) is 0 Å². The Labute approximate surface area is 123 Å². The molecule has 1 heterocycles. The van der Waals surface area contributed by atoms with Crippen LogP contribution in [0, 0.1) is 6.92 Å². The molecule has 0 aliphatic rings. The molecule has 2 N–H and O–H groups in total. The minimum Gasteiger partial charge on any atom is -0.394 e. The van der Waals surface area contributed by atoms with Crippen molar-refractivity contribution in [1.29, 1.82) is 0 Å². The molecule has 0 spiro atoms. The molecule has 1 aromatic heterocycles. The van der Waals surface area contributed by atoms with Crippen LogP contribution in [0.15, 0.2) is 0 Å². The lowest BCUT2D eigenvalue weighted by molar-refractivity contribution is 0.202. The zero-order valence-corrected chi connectivity index (χ0v) is 13.8. The first-order valence-corrected chi connectivity index (χ1v) is 7.57. The second-order valence-corrected chi connectivity index (χ2v) is 5.52. The average molecular weight is 282 g/mol. The summed E-state index contributed by atoms with van der Waals surface area (Å²) in [7, 11) is 1.74. The third-order valence-corrected chi connectivity index (χ3v) is 3.79. The van der Waals surface area contributed by atoms with Crippen LogP contribution in [-0.4, -0.2) is 36.1 Å². The highest BCUT2D eigenvalue weighted by Gasteiger charge is 2.24. The van der Waals surface area contributed by atoms with Crippen LogP contribution in [0.1, 0.15) is 52.3 Å². The smallest absolute Gasteiger partial charge is 0.151 e. The molecule has 116 valence electrons. The Balaban J connectivity index is 3.24. The topological polar surface area (TPSA) is 56.3 Å². The standard InChI is InChI=1S/C15H30N4O/c1-7-13(8-2)18(9-10-20-6)15-14(16)12(5)17-19(15)11(3)4/h11,13H,7-10,16H2,1-6H3. The molecule has 0 atom stereocenters. The molecule has 0 saturated heterocycles. The maximum absolute atomic E-state index is 6.30. The second kappa shape index (κ2) is 7.53. The Bertz CT molecular complexity index is 410. The molecule has 0 radical (unpaired) electrons. The van der Waals surface area contributed by atoms with Crippen molar-refractivity contribution in [3.63, 3.8) is 0 Å². The van der Waals surface area contributed by atoms with Crippen LogP contribution in [-0.2, 0) is 4.74 Å². The highest BCUT2D eigenvalue weighted by molar-refractivity contribution is 5.67. The van der Waals surface area contributed by atoms with Crippen molar-refractivity contribution in [1.82, 2.24) is 9.78 Å². The summed E-state index contributed by atoms with van der Waals surface area (Å²) in [6.07, 6.45) is 2.17. The predicted molar refractivity (Wildman–Crippen MR) is 85.4 cm³/mol. The van der Waals surface area contributed by atoms with E-state index in [2.05, 4.69) is 37.7 Å². The highest BCUT2D eigenvalue weighted by atomic mass is 16.5. The van der Waals surface area contributed by atoms with E-state index in [9.17, 15) is 0 Å². The van der Waals surface area contributed by atoms with Crippen LogP contribution >= 0.6 is 0 Å². The van der Waals surface area contributed by atoms with Gasteiger partial charge in [0.15, 0.2) is 5.82 Å². The van der Waals surface area contributed by atoms with Gasteiger partial charge in [-0.25, -0.2) is 4.68 Å². The number of ether oxygens (including phenoxy) is 1. The van der Waals surface area contributed by atoms with E-state index in [1.807, 2.05) is 11.6 Å². The van der Waals surface area contributed by atoms with Crippen molar-refractivity contribution < 1.29 is 4.74 Å². The minimum absolute atomic E-state index is 0.292. The largest absolute Gasteiger partial charge is 0.394 e. The summed E-state index contributed by atoms with van der Waals surface area (Å²) in [4.78, 5) is 2.36. The zero-order valence-electron chi connectivity index (χ0n) is 13.8. The molecule has 0 amide bonds. The average Bonchev–Trinajstić information content (AvgIpc) is 2.71. The fourth-order valence-corrected chi connectivity index (χ4v) is 2.57. The molecule has 0 saturated carbocycles. The Morgan fingerprint density at radius 2 is 1.90 bits per heavy atom. The van der Waals surface area contributed by atoms with Crippen LogP contribution in [0.25, 0.3) is 0 Å². The molecular weight excluding hydrogens is 252 g/mol. The van der Waals surface area contributed by atoms with E-state index in [0.717, 1.165) is 36.6 Å². The number of nitrogens with zero attached hydrogens (tertiary/aromatic N) is 3. The van der Waals surface area contributed by atoms with Gasteiger partial charge in [0.25, 0.3) is 0 Å². The van der Waals surface area contributed by atoms with Crippen molar-refractivity contribution >= 4 is 11.5 Å². The first kappa shape index (κ1) is 16.8. The molecule has 0 aliphatic carbocycles. The number of methoxy groups -OCH3 is 1. The number of aromatic nitrogens is 2. The maximum Gasteiger partial charge on any atom is 0.151 e. The Kier molecular flexibility index (Phi) is 6.33. The van der Waals surface area contributed by atoms with E-state index in [1.54, 1.807) is 7.11 Å². The number of aryl methyl sites for hydroxylation is 1. The van der Waals surface area contributed by atoms with E-state index < -0.39 is 0 Å².